The number of likely N-dealkylation sites (N-methyl/N-ethyl adjacent to an activating group) is 1. The van der Waals surface area contributed by atoms with Gasteiger partial charge in [0.1, 0.15) is 0 Å². The van der Waals surface area contributed by atoms with Gasteiger partial charge in [-0.1, -0.05) is 6.92 Å². The van der Waals surface area contributed by atoms with Gasteiger partial charge in [-0.05, 0) is 68.1 Å². The van der Waals surface area contributed by atoms with Crippen molar-refractivity contribution in [2.75, 3.05) is 13.6 Å². The second-order valence-electron chi connectivity index (χ2n) is 7.52. The van der Waals surface area contributed by atoms with Crippen LogP contribution in [0.15, 0.2) is 0 Å². The quantitative estimate of drug-likeness (QED) is 0.847. The largest absolute Gasteiger partial charge is 0.344 e. The van der Waals surface area contributed by atoms with Crippen molar-refractivity contribution in [3.05, 3.63) is 0 Å². The molecular weight excluding hydrogens is 236 g/mol. The number of amides is 1. The van der Waals surface area contributed by atoms with Crippen LogP contribution in [0.3, 0.4) is 0 Å². The highest BCUT2D eigenvalue weighted by Gasteiger charge is 2.55. The van der Waals surface area contributed by atoms with Gasteiger partial charge in [0.2, 0.25) is 5.91 Å². The number of carbonyl (C=O) groups is 1. The van der Waals surface area contributed by atoms with Crippen molar-refractivity contribution < 1.29 is 4.79 Å². The van der Waals surface area contributed by atoms with Gasteiger partial charge in [0.25, 0.3) is 0 Å². The summed E-state index contributed by atoms with van der Waals surface area (Å²) in [6.07, 6.45) is 8.88. The predicted octanol–water partition coefficient (Wildman–Crippen LogP) is 2.40. The van der Waals surface area contributed by atoms with E-state index in [9.17, 15) is 4.79 Å². The van der Waals surface area contributed by atoms with Crippen LogP contribution in [0.4, 0.5) is 0 Å². The molecule has 4 fully saturated rings. The third-order valence-electron chi connectivity index (χ3n) is 5.95. The molecule has 0 radical (unpaired) electrons. The summed E-state index contributed by atoms with van der Waals surface area (Å²) < 4.78 is 0. The molecule has 4 rings (SSSR count). The molecule has 3 nitrogen and oxygen atoms in total. The Hall–Kier alpha value is -0.570. The number of hydrogen-bond acceptors (Lipinski definition) is 2. The van der Waals surface area contributed by atoms with Gasteiger partial charge in [-0.2, -0.15) is 0 Å². The molecule has 3 heteroatoms. The summed E-state index contributed by atoms with van der Waals surface area (Å²) in [6.45, 7) is 2.94. The minimum absolute atomic E-state index is 0.147. The minimum atomic E-state index is -0.252. The van der Waals surface area contributed by atoms with E-state index >= 15 is 0 Å². The monoisotopic (exact) mass is 264 g/mol. The highest BCUT2D eigenvalue weighted by Crippen LogP contribution is 2.61. The first kappa shape index (κ1) is 13.4. The third kappa shape index (κ3) is 2.20. The average molecular weight is 264 g/mol. The van der Waals surface area contributed by atoms with Crippen molar-refractivity contribution in [3.63, 3.8) is 0 Å². The van der Waals surface area contributed by atoms with Crippen molar-refractivity contribution >= 4 is 5.91 Å². The van der Waals surface area contributed by atoms with Crippen LogP contribution in [0.25, 0.3) is 0 Å². The number of nitrogens with zero attached hydrogens (tertiary/aromatic N) is 1. The van der Waals surface area contributed by atoms with Crippen molar-refractivity contribution in [2.24, 2.45) is 28.9 Å². The number of rotatable bonds is 4. The van der Waals surface area contributed by atoms with Crippen molar-refractivity contribution in [2.45, 2.75) is 57.9 Å². The fraction of sp³-hybridized carbons (Fsp3) is 0.938. The summed E-state index contributed by atoms with van der Waals surface area (Å²) in [5.41, 5.74) is 6.60. The van der Waals surface area contributed by atoms with Gasteiger partial charge in [-0.15, -0.1) is 0 Å². The van der Waals surface area contributed by atoms with Crippen molar-refractivity contribution in [1.82, 2.24) is 4.90 Å². The van der Waals surface area contributed by atoms with Crippen LogP contribution >= 0.6 is 0 Å². The highest BCUT2D eigenvalue weighted by molar-refractivity contribution is 5.82. The van der Waals surface area contributed by atoms with Crippen LogP contribution < -0.4 is 5.73 Å². The summed E-state index contributed by atoms with van der Waals surface area (Å²) in [4.78, 5) is 14.4. The zero-order valence-electron chi connectivity index (χ0n) is 12.4. The van der Waals surface area contributed by atoms with Crippen molar-refractivity contribution in [3.8, 4) is 0 Å². The first-order valence-electron chi connectivity index (χ1n) is 8.04. The molecule has 0 aliphatic heterocycles. The van der Waals surface area contributed by atoms with E-state index in [1.165, 1.54) is 38.5 Å². The van der Waals surface area contributed by atoms with Gasteiger partial charge in [-0.25, -0.2) is 0 Å². The van der Waals surface area contributed by atoms with Gasteiger partial charge in [-0.3, -0.25) is 4.79 Å². The maximum absolute atomic E-state index is 12.5. The van der Waals surface area contributed by atoms with Crippen LogP contribution in [0.2, 0.25) is 0 Å². The average Bonchev–Trinajstić information content (AvgIpc) is 2.35. The Labute approximate surface area is 116 Å². The molecule has 1 unspecified atom stereocenters. The SMILES string of the molecule is CCCN(C)C(=O)C(N)C12CC3CC(CC(C3)C1)C2. The Morgan fingerprint density at radius 2 is 1.68 bits per heavy atom. The molecule has 0 heterocycles. The first-order valence-corrected chi connectivity index (χ1v) is 8.04. The Balaban J connectivity index is 1.75. The van der Waals surface area contributed by atoms with Crippen LogP contribution in [0.5, 0.6) is 0 Å². The molecule has 4 bridgehead atoms. The maximum Gasteiger partial charge on any atom is 0.239 e. The lowest BCUT2D eigenvalue weighted by atomic mass is 9.47. The molecule has 4 saturated carbocycles. The first-order chi connectivity index (χ1) is 9.04. The molecule has 1 atom stereocenters. The molecule has 0 spiro atoms. The van der Waals surface area contributed by atoms with Crippen LogP contribution in [0, 0.1) is 23.2 Å². The van der Waals surface area contributed by atoms with Gasteiger partial charge < -0.3 is 10.6 Å². The highest BCUT2D eigenvalue weighted by atomic mass is 16.2. The molecule has 4 aliphatic rings. The Bertz CT molecular complexity index is 330. The lowest BCUT2D eigenvalue weighted by molar-refractivity contribution is -0.141. The lowest BCUT2D eigenvalue weighted by Crippen LogP contribution is -2.59. The Kier molecular flexibility index (Phi) is 3.36. The summed E-state index contributed by atoms with van der Waals surface area (Å²) >= 11 is 0. The summed E-state index contributed by atoms with van der Waals surface area (Å²) in [7, 11) is 1.91. The molecule has 1 amide bonds. The molecule has 0 saturated heterocycles. The van der Waals surface area contributed by atoms with Gasteiger partial charge in [0, 0.05) is 13.6 Å². The van der Waals surface area contributed by atoms with E-state index in [1.54, 1.807) is 0 Å². The lowest BCUT2D eigenvalue weighted by Gasteiger charge is -2.58. The van der Waals surface area contributed by atoms with E-state index in [-0.39, 0.29) is 17.4 Å². The van der Waals surface area contributed by atoms with E-state index in [0.29, 0.717) is 0 Å². The Morgan fingerprint density at radius 1 is 1.21 bits per heavy atom. The summed E-state index contributed by atoms with van der Waals surface area (Å²) in [6, 6.07) is -0.252. The molecular formula is C16H28N2O. The normalized spacial score (nSPS) is 41.3. The number of carbonyl (C=O) groups excluding carboxylic acids is 1. The molecule has 2 N–H and O–H groups in total. The van der Waals surface area contributed by atoms with Crippen LogP contribution in [-0.2, 0) is 4.79 Å². The van der Waals surface area contributed by atoms with Crippen molar-refractivity contribution in [1.29, 1.82) is 0 Å². The molecule has 108 valence electrons. The summed E-state index contributed by atoms with van der Waals surface area (Å²) in [5, 5.41) is 0. The zero-order chi connectivity index (χ0) is 13.6. The van der Waals surface area contributed by atoms with E-state index < -0.39 is 0 Å². The van der Waals surface area contributed by atoms with E-state index in [2.05, 4.69) is 6.92 Å². The third-order valence-corrected chi connectivity index (χ3v) is 5.95. The fourth-order valence-electron chi connectivity index (χ4n) is 5.50. The molecule has 0 aromatic carbocycles. The van der Waals surface area contributed by atoms with Gasteiger partial charge >= 0.3 is 0 Å². The molecule has 0 aromatic heterocycles. The van der Waals surface area contributed by atoms with Crippen LogP contribution in [-0.4, -0.2) is 30.4 Å². The van der Waals surface area contributed by atoms with E-state index in [0.717, 1.165) is 30.7 Å². The van der Waals surface area contributed by atoms with E-state index in [1.807, 2.05) is 11.9 Å². The van der Waals surface area contributed by atoms with Gasteiger partial charge in [0.15, 0.2) is 0 Å². The predicted molar refractivity (Wildman–Crippen MR) is 76.5 cm³/mol. The number of hydrogen-bond donors (Lipinski definition) is 1. The second kappa shape index (κ2) is 4.76. The maximum atomic E-state index is 12.5. The second-order valence-corrected chi connectivity index (χ2v) is 7.52. The summed E-state index contributed by atoms with van der Waals surface area (Å²) in [5.74, 6) is 2.77. The van der Waals surface area contributed by atoms with Crippen LogP contribution in [0.1, 0.15) is 51.9 Å². The smallest absolute Gasteiger partial charge is 0.239 e. The Morgan fingerprint density at radius 3 is 2.11 bits per heavy atom. The van der Waals surface area contributed by atoms with E-state index in [4.69, 9.17) is 5.73 Å². The minimum Gasteiger partial charge on any atom is -0.344 e. The standard InChI is InChI=1S/C16H28N2O/c1-3-4-18(2)15(19)14(17)16-8-11-5-12(9-16)7-13(6-11)10-16/h11-14H,3-10,17H2,1-2H3. The molecule has 0 aromatic rings. The zero-order valence-corrected chi connectivity index (χ0v) is 12.4. The van der Waals surface area contributed by atoms with Gasteiger partial charge in [0.05, 0.1) is 6.04 Å². The topological polar surface area (TPSA) is 46.3 Å². The number of nitrogens with two attached hydrogens (primary N) is 1. The fourth-order valence-corrected chi connectivity index (χ4v) is 5.50. The molecule has 4 aliphatic carbocycles. The molecule has 19 heavy (non-hydrogen) atoms.